The maximum absolute atomic E-state index is 5.13. The van der Waals surface area contributed by atoms with Crippen LogP contribution in [0, 0.1) is 20.8 Å². The van der Waals surface area contributed by atoms with Crippen molar-refractivity contribution >= 4 is 16.9 Å². The van der Waals surface area contributed by atoms with E-state index in [9.17, 15) is 0 Å². The topological polar surface area (TPSA) is 33.4 Å². The van der Waals surface area contributed by atoms with E-state index in [4.69, 9.17) is 4.99 Å². The molecule has 1 saturated heterocycles. The van der Waals surface area contributed by atoms with Crippen molar-refractivity contribution in [1.82, 2.24) is 14.5 Å². The number of benzene rings is 1. The minimum atomic E-state index is 0.0389. The van der Waals surface area contributed by atoms with E-state index in [0.29, 0.717) is 5.25 Å². The number of aliphatic imine (C=N–C) groups is 1. The van der Waals surface area contributed by atoms with Gasteiger partial charge in [-0.3, -0.25) is 9.98 Å². The molecule has 3 atom stereocenters. The molecule has 1 aromatic carbocycles. The van der Waals surface area contributed by atoms with Crippen molar-refractivity contribution < 1.29 is 0 Å². The van der Waals surface area contributed by atoms with Crippen molar-refractivity contribution in [1.29, 1.82) is 0 Å². The van der Waals surface area contributed by atoms with Gasteiger partial charge < -0.3 is 9.47 Å². The summed E-state index contributed by atoms with van der Waals surface area (Å²) in [6.45, 7) is 9.95. The van der Waals surface area contributed by atoms with Gasteiger partial charge in [0, 0.05) is 35.1 Å². The van der Waals surface area contributed by atoms with Gasteiger partial charge in [0.25, 0.3) is 0 Å². The van der Waals surface area contributed by atoms with Gasteiger partial charge >= 0.3 is 0 Å². The highest BCUT2D eigenvalue weighted by Crippen LogP contribution is 2.48. The van der Waals surface area contributed by atoms with Crippen molar-refractivity contribution in [2.75, 3.05) is 6.54 Å². The summed E-state index contributed by atoms with van der Waals surface area (Å²) in [5, 5.41) is 1.74. The molecule has 5 rings (SSSR count). The molecule has 0 aliphatic carbocycles. The molecule has 29 heavy (non-hydrogen) atoms. The third-order valence-electron chi connectivity index (χ3n) is 6.03. The molecule has 5 heteroatoms. The monoisotopic (exact) mass is 402 g/mol. The molecule has 0 radical (unpaired) electrons. The Bertz CT molecular complexity index is 1090. The van der Waals surface area contributed by atoms with E-state index in [2.05, 4.69) is 84.6 Å². The van der Waals surface area contributed by atoms with Gasteiger partial charge in [-0.2, -0.15) is 0 Å². The van der Waals surface area contributed by atoms with E-state index in [1.54, 1.807) is 0 Å². The van der Waals surface area contributed by atoms with Crippen LogP contribution in [0.5, 0.6) is 0 Å². The summed E-state index contributed by atoms with van der Waals surface area (Å²) in [5.74, 6) is 0. The van der Waals surface area contributed by atoms with Crippen LogP contribution in [0.15, 0.2) is 59.7 Å². The Morgan fingerprint density at radius 2 is 1.83 bits per heavy atom. The molecule has 4 heterocycles. The summed E-state index contributed by atoms with van der Waals surface area (Å²) in [6, 6.07) is 17.3. The Morgan fingerprint density at radius 1 is 1.03 bits per heavy atom. The molecule has 0 N–H and O–H groups in total. The number of fused-ring (bicyclic) bond motifs is 1. The predicted molar refractivity (Wildman–Crippen MR) is 121 cm³/mol. The minimum Gasteiger partial charge on any atom is -0.341 e. The van der Waals surface area contributed by atoms with Crippen LogP contribution in [-0.2, 0) is 0 Å². The summed E-state index contributed by atoms with van der Waals surface area (Å²) in [4.78, 5) is 12.3. The summed E-state index contributed by atoms with van der Waals surface area (Å²) >= 11 is 1.89. The van der Waals surface area contributed by atoms with Crippen molar-refractivity contribution in [2.45, 2.75) is 45.0 Å². The van der Waals surface area contributed by atoms with Gasteiger partial charge in [-0.25, -0.2) is 0 Å². The molecule has 0 spiro atoms. The Labute approximate surface area is 176 Å². The summed E-state index contributed by atoms with van der Waals surface area (Å²) in [7, 11) is 0. The number of para-hydroxylation sites is 1. The highest BCUT2D eigenvalue weighted by Gasteiger charge is 2.44. The van der Waals surface area contributed by atoms with Crippen LogP contribution in [-0.4, -0.2) is 31.4 Å². The van der Waals surface area contributed by atoms with Gasteiger partial charge in [-0.15, -0.1) is 0 Å². The highest BCUT2D eigenvalue weighted by atomic mass is 32.2. The lowest BCUT2D eigenvalue weighted by Crippen LogP contribution is -2.28. The maximum Gasteiger partial charge on any atom is 0.160 e. The molecule has 0 amide bonds. The van der Waals surface area contributed by atoms with Crippen LogP contribution in [0.25, 0.3) is 5.69 Å². The number of amidine groups is 1. The predicted octanol–water partition coefficient (Wildman–Crippen LogP) is 5.39. The second-order valence-corrected chi connectivity index (χ2v) is 9.49. The second kappa shape index (κ2) is 7.06. The fraction of sp³-hybridized carbons (Fsp3) is 0.333. The average molecular weight is 403 g/mol. The largest absolute Gasteiger partial charge is 0.341 e. The molecular formula is C24H26N4S. The zero-order valence-electron chi connectivity index (χ0n) is 17.3. The SMILES string of the molecule is Cc1ccccc1-n1c(C)cc([C@H]2[C@@H](c3ccccn3)N=C3S[C@@H](C)CN32)c1C. The molecule has 2 aliphatic heterocycles. The van der Waals surface area contributed by atoms with Gasteiger partial charge in [0.1, 0.15) is 6.04 Å². The van der Waals surface area contributed by atoms with Crippen LogP contribution in [0.3, 0.4) is 0 Å². The second-order valence-electron chi connectivity index (χ2n) is 8.09. The fourth-order valence-electron chi connectivity index (χ4n) is 4.73. The molecule has 4 nitrogen and oxygen atoms in total. The van der Waals surface area contributed by atoms with E-state index >= 15 is 0 Å². The van der Waals surface area contributed by atoms with Gasteiger partial charge in [-0.05, 0) is 56.2 Å². The number of thioether (sulfide) groups is 1. The van der Waals surface area contributed by atoms with Crippen LogP contribution in [0.4, 0.5) is 0 Å². The average Bonchev–Trinajstić information content (AvgIpc) is 3.33. The molecule has 0 unspecified atom stereocenters. The number of pyridine rings is 1. The molecule has 0 saturated carbocycles. The van der Waals surface area contributed by atoms with Crippen molar-refractivity contribution in [2.24, 2.45) is 4.99 Å². The van der Waals surface area contributed by atoms with E-state index in [-0.39, 0.29) is 12.1 Å². The molecular weight excluding hydrogens is 376 g/mol. The van der Waals surface area contributed by atoms with E-state index in [1.165, 1.54) is 33.4 Å². The van der Waals surface area contributed by atoms with E-state index in [1.807, 2.05) is 24.0 Å². The molecule has 148 valence electrons. The van der Waals surface area contributed by atoms with Crippen molar-refractivity contribution in [3.8, 4) is 5.69 Å². The summed E-state index contributed by atoms with van der Waals surface area (Å²) in [6.07, 6.45) is 1.88. The third kappa shape index (κ3) is 2.99. The van der Waals surface area contributed by atoms with Crippen LogP contribution >= 0.6 is 11.8 Å². The van der Waals surface area contributed by atoms with Gasteiger partial charge in [-0.1, -0.05) is 43.0 Å². The minimum absolute atomic E-state index is 0.0389. The van der Waals surface area contributed by atoms with E-state index in [0.717, 1.165) is 12.2 Å². The first kappa shape index (κ1) is 18.5. The number of aryl methyl sites for hydroxylation is 2. The summed E-state index contributed by atoms with van der Waals surface area (Å²) < 4.78 is 2.39. The molecule has 0 bridgehead atoms. The Hall–Kier alpha value is -2.53. The number of rotatable bonds is 3. The lowest BCUT2D eigenvalue weighted by molar-refractivity contribution is 0.320. The molecule has 1 fully saturated rings. The smallest absolute Gasteiger partial charge is 0.160 e. The molecule has 2 aliphatic rings. The Morgan fingerprint density at radius 3 is 2.59 bits per heavy atom. The van der Waals surface area contributed by atoms with Gasteiger partial charge in [0.05, 0.1) is 11.7 Å². The van der Waals surface area contributed by atoms with Crippen molar-refractivity contribution in [3.05, 3.63) is 82.9 Å². The zero-order chi connectivity index (χ0) is 20.1. The zero-order valence-corrected chi connectivity index (χ0v) is 18.1. The lowest BCUT2D eigenvalue weighted by atomic mass is 9.96. The fourth-order valence-corrected chi connectivity index (χ4v) is 5.82. The molecule has 2 aromatic heterocycles. The number of nitrogens with zero attached hydrogens (tertiary/aromatic N) is 4. The number of hydrogen-bond donors (Lipinski definition) is 0. The molecule has 3 aromatic rings. The van der Waals surface area contributed by atoms with Gasteiger partial charge in [0.15, 0.2) is 5.17 Å². The highest BCUT2D eigenvalue weighted by molar-refractivity contribution is 8.14. The third-order valence-corrected chi connectivity index (χ3v) is 7.13. The number of hydrogen-bond acceptors (Lipinski definition) is 4. The normalized spacial score (nSPS) is 23.4. The Balaban J connectivity index is 1.64. The first-order valence-corrected chi connectivity index (χ1v) is 11.1. The lowest BCUT2D eigenvalue weighted by Gasteiger charge is -2.27. The van der Waals surface area contributed by atoms with Crippen molar-refractivity contribution in [3.63, 3.8) is 0 Å². The quantitative estimate of drug-likeness (QED) is 0.589. The van der Waals surface area contributed by atoms with E-state index < -0.39 is 0 Å². The maximum atomic E-state index is 5.13. The van der Waals surface area contributed by atoms with Crippen LogP contribution < -0.4 is 0 Å². The summed E-state index contributed by atoms with van der Waals surface area (Å²) in [5.41, 5.74) is 7.51. The van der Waals surface area contributed by atoms with Gasteiger partial charge in [0.2, 0.25) is 0 Å². The van der Waals surface area contributed by atoms with Crippen LogP contribution in [0.2, 0.25) is 0 Å². The standard InChI is InChI=1S/C24H26N4S/c1-15-9-5-6-11-21(15)28-16(2)13-19(18(28)4)23-22(20-10-7-8-12-25-20)26-24-27(23)14-17(3)29-24/h5-13,17,22-23H,14H2,1-4H3/t17-,22+,23-/m0/s1. The number of aromatic nitrogens is 2. The van der Waals surface area contributed by atoms with Crippen LogP contribution in [0.1, 0.15) is 47.2 Å². The first-order valence-electron chi connectivity index (χ1n) is 10.2. The first-order chi connectivity index (χ1) is 14.0. The Kier molecular flexibility index (Phi) is 4.50.